The Bertz CT molecular complexity index is 1120. The Kier molecular flexibility index (Phi) is 4.66. The summed E-state index contributed by atoms with van der Waals surface area (Å²) in [6.45, 7) is 1.78. The fraction of sp³-hybridized carbons (Fsp3) is 0.238. The van der Waals surface area contributed by atoms with Crippen molar-refractivity contribution in [3.05, 3.63) is 54.1 Å². The molecule has 150 valence electrons. The Balaban J connectivity index is 1.74. The molecular formula is C21H18F3N3O2. The van der Waals surface area contributed by atoms with Gasteiger partial charge in [-0.3, -0.25) is 0 Å². The molecule has 1 aromatic heterocycles. The van der Waals surface area contributed by atoms with Gasteiger partial charge >= 0.3 is 6.08 Å². The number of phenols is 1. The van der Waals surface area contributed by atoms with Crippen molar-refractivity contribution in [2.24, 2.45) is 0 Å². The molecule has 5 nitrogen and oxygen atoms in total. The molecule has 0 atom stereocenters. The maximum atomic E-state index is 13.5. The average molecular weight is 401 g/mol. The van der Waals surface area contributed by atoms with Gasteiger partial charge in [-0.05, 0) is 31.9 Å². The lowest BCUT2D eigenvalue weighted by Gasteiger charge is -2.41. The SMILES string of the molecule is CC1(O)CC(Nc2nnc(-c3ccc(C(F)=C(F)F)cc3O)c3ccccc23)C1. The van der Waals surface area contributed by atoms with E-state index in [2.05, 4.69) is 15.5 Å². The van der Waals surface area contributed by atoms with E-state index in [-0.39, 0.29) is 17.4 Å². The van der Waals surface area contributed by atoms with E-state index in [1.807, 2.05) is 12.1 Å². The van der Waals surface area contributed by atoms with Gasteiger partial charge in [0.15, 0.2) is 11.6 Å². The summed E-state index contributed by atoms with van der Waals surface area (Å²) in [5.74, 6) is -1.51. The quantitative estimate of drug-likeness (QED) is 0.582. The van der Waals surface area contributed by atoms with Crippen molar-refractivity contribution >= 4 is 22.4 Å². The zero-order valence-corrected chi connectivity index (χ0v) is 15.5. The highest BCUT2D eigenvalue weighted by atomic mass is 19.3. The lowest BCUT2D eigenvalue weighted by Crippen LogP contribution is -2.48. The molecule has 0 unspecified atom stereocenters. The molecule has 2 aromatic carbocycles. The molecule has 1 fully saturated rings. The Labute approximate surface area is 164 Å². The highest BCUT2D eigenvalue weighted by molar-refractivity contribution is 6.01. The molecule has 0 bridgehead atoms. The molecule has 1 heterocycles. The molecule has 0 saturated heterocycles. The second-order valence-electron chi connectivity index (χ2n) is 7.50. The first kappa shape index (κ1) is 19.2. The molecule has 1 aliphatic carbocycles. The molecule has 0 aliphatic heterocycles. The minimum absolute atomic E-state index is 0.0756. The highest BCUT2D eigenvalue weighted by Crippen LogP contribution is 2.38. The van der Waals surface area contributed by atoms with Crippen molar-refractivity contribution in [1.82, 2.24) is 10.2 Å². The number of fused-ring (bicyclic) bond motifs is 1. The van der Waals surface area contributed by atoms with E-state index in [4.69, 9.17) is 0 Å². The second kappa shape index (κ2) is 7.04. The average Bonchev–Trinajstić information content (AvgIpc) is 2.66. The standard InChI is InChI=1S/C21H18F3N3O2/c1-21(29)9-12(10-21)25-20-14-5-3-2-4-13(14)18(26-27-20)15-7-6-11(8-16(15)28)17(22)19(23)24/h2-8,12,28-29H,9-10H2,1H3,(H,25,27). The Morgan fingerprint density at radius 1 is 1.07 bits per heavy atom. The van der Waals surface area contributed by atoms with Crippen molar-refractivity contribution in [2.75, 3.05) is 5.32 Å². The minimum Gasteiger partial charge on any atom is -0.507 e. The lowest BCUT2D eigenvalue weighted by atomic mass is 9.77. The van der Waals surface area contributed by atoms with E-state index in [1.165, 1.54) is 6.07 Å². The summed E-state index contributed by atoms with van der Waals surface area (Å²) < 4.78 is 38.4. The Hall–Kier alpha value is -3.13. The lowest BCUT2D eigenvalue weighted by molar-refractivity contribution is -0.0235. The maximum Gasteiger partial charge on any atom is 0.306 e. The summed E-state index contributed by atoms with van der Waals surface area (Å²) in [5.41, 5.74) is -0.501. The third-order valence-corrected chi connectivity index (χ3v) is 5.07. The van der Waals surface area contributed by atoms with Crippen LogP contribution < -0.4 is 5.32 Å². The topological polar surface area (TPSA) is 78.3 Å². The van der Waals surface area contributed by atoms with Crippen LogP contribution in [0.2, 0.25) is 0 Å². The summed E-state index contributed by atoms with van der Waals surface area (Å²) in [5, 5.41) is 33.4. The van der Waals surface area contributed by atoms with Gasteiger partial charge in [-0.2, -0.15) is 8.78 Å². The predicted octanol–water partition coefficient (Wildman–Crippen LogP) is 4.86. The van der Waals surface area contributed by atoms with Gasteiger partial charge in [0.2, 0.25) is 0 Å². The first-order valence-corrected chi connectivity index (χ1v) is 9.04. The van der Waals surface area contributed by atoms with Crippen LogP contribution in [0.1, 0.15) is 25.3 Å². The van der Waals surface area contributed by atoms with Crippen LogP contribution in [0.3, 0.4) is 0 Å². The fourth-order valence-corrected chi connectivity index (χ4v) is 3.68. The number of aliphatic hydroxyl groups is 1. The number of aromatic nitrogens is 2. The van der Waals surface area contributed by atoms with Crippen LogP contribution in [-0.2, 0) is 0 Å². The van der Waals surface area contributed by atoms with Crippen molar-refractivity contribution in [3.8, 4) is 17.0 Å². The van der Waals surface area contributed by atoms with Gasteiger partial charge in [0, 0.05) is 27.9 Å². The van der Waals surface area contributed by atoms with Crippen molar-refractivity contribution < 1.29 is 23.4 Å². The fourth-order valence-electron chi connectivity index (χ4n) is 3.68. The van der Waals surface area contributed by atoms with Crippen LogP contribution in [0, 0.1) is 0 Å². The van der Waals surface area contributed by atoms with E-state index in [0.29, 0.717) is 29.7 Å². The number of hydrogen-bond donors (Lipinski definition) is 3. The van der Waals surface area contributed by atoms with Gasteiger partial charge in [0.1, 0.15) is 11.4 Å². The van der Waals surface area contributed by atoms with Gasteiger partial charge in [-0.15, -0.1) is 10.2 Å². The van der Waals surface area contributed by atoms with E-state index >= 15 is 0 Å². The van der Waals surface area contributed by atoms with Crippen LogP contribution in [0.25, 0.3) is 27.9 Å². The van der Waals surface area contributed by atoms with Crippen LogP contribution >= 0.6 is 0 Å². The highest BCUT2D eigenvalue weighted by Gasteiger charge is 2.38. The van der Waals surface area contributed by atoms with Gasteiger partial charge in [-0.25, -0.2) is 4.39 Å². The minimum atomic E-state index is -2.45. The van der Waals surface area contributed by atoms with Crippen LogP contribution in [0.4, 0.5) is 19.0 Å². The summed E-state index contributed by atoms with van der Waals surface area (Å²) in [6, 6.07) is 10.8. The van der Waals surface area contributed by atoms with Crippen LogP contribution in [0.5, 0.6) is 5.75 Å². The van der Waals surface area contributed by atoms with Gasteiger partial charge in [0.25, 0.3) is 0 Å². The zero-order chi connectivity index (χ0) is 20.8. The van der Waals surface area contributed by atoms with Crippen molar-refractivity contribution in [3.63, 3.8) is 0 Å². The number of aromatic hydroxyl groups is 1. The monoisotopic (exact) mass is 401 g/mol. The summed E-state index contributed by atoms with van der Waals surface area (Å²) in [6.07, 6.45) is -1.26. The van der Waals surface area contributed by atoms with Crippen molar-refractivity contribution in [1.29, 1.82) is 0 Å². The second-order valence-corrected chi connectivity index (χ2v) is 7.50. The number of rotatable bonds is 4. The summed E-state index contributed by atoms with van der Waals surface area (Å²) in [7, 11) is 0. The van der Waals surface area contributed by atoms with Crippen molar-refractivity contribution in [2.45, 2.75) is 31.4 Å². The number of nitrogens with zero attached hydrogens (tertiary/aromatic N) is 2. The third kappa shape index (κ3) is 3.63. The predicted molar refractivity (Wildman–Crippen MR) is 104 cm³/mol. The number of hydrogen-bond acceptors (Lipinski definition) is 5. The summed E-state index contributed by atoms with van der Waals surface area (Å²) in [4.78, 5) is 0. The molecule has 0 spiro atoms. The van der Waals surface area contributed by atoms with Gasteiger partial charge < -0.3 is 15.5 Å². The largest absolute Gasteiger partial charge is 0.507 e. The number of phenolic OH excluding ortho intramolecular Hbond substituents is 1. The van der Waals surface area contributed by atoms with Gasteiger partial charge in [-0.1, -0.05) is 30.3 Å². The smallest absolute Gasteiger partial charge is 0.306 e. The number of nitrogens with one attached hydrogen (secondary N) is 1. The van der Waals surface area contributed by atoms with Gasteiger partial charge in [0.05, 0.1) is 5.60 Å². The third-order valence-electron chi connectivity index (χ3n) is 5.07. The molecule has 0 amide bonds. The molecule has 3 aromatic rings. The molecule has 8 heteroatoms. The van der Waals surface area contributed by atoms with Crippen LogP contribution in [0.15, 0.2) is 48.5 Å². The molecular weight excluding hydrogens is 383 g/mol. The molecule has 29 heavy (non-hydrogen) atoms. The number of anilines is 1. The van der Waals surface area contributed by atoms with E-state index in [9.17, 15) is 23.4 Å². The number of benzene rings is 2. The zero-order valence-electron chi connectivity index (χ0n) is 15.5. The molecule has 1 saturated carbocycles. The normalized spacial score (nSPS) is 20.9. The Morgan fingerprint density at radius 3 is 2.38 bits per heavy atom. The van der Waals surface area contributed by atoms with E-state index < -0.39 is 23.1 Å². The maximum absolute atomic E-state index is 13.5. The number of halogens is 3. The molecule has 4 rings (SSSR count). The molecule has 3 N–H and O–H groups in total. The Morgan fingerprint density at radius 2 is 1.76 bits per heavy atom. The van der Waals surface area contributed by atoms with Crippen LogP contribution in [-0.4, -0.2) is 32.1 Å². The van der Waals surface area contributed by atoms with E-state index in [1.54, 1.807) is 19.1 Å². The molecule has 0 radical (unpaired) electrons. The van der Waals surface area contributed by atoms with E-state index in [0.717, 1.165) is 17.5 Å². The first-order chi connectivity index (χ1) is 13.7. The summed E-state index contributed by atoms with van der Waals surface area (Å²) >= 11 is 0. The first-order valence-electron chi connectivity index (χ1n) is 9.04. The molecule has 1 aliphatic rings.